The summed E-state index contributed by atoms with van der Waals surface area (Å²) in [4.78, 5) is 0. The van der Waals surface area contributed by atoms with E-state index < -0.39 is 0 Å². The highest BCUT2D eigenvalue weighted by Crippen LogP contribution is 1.98. The SMILES string of the molecule is C1CCOC1.[Cl-]. The van der Waals surface area contributed by atoms with Crippen LogP contribution in [0.3, 0.4) is 0 Å². The third kappa shape index (κ3) is 1.63. The molecule has 1 rings (SSSR count). The van der Waals surface area contributed by atoms with Crippen LogP contribution in [0.4, 0.5) is 0 Å². The molecule has 0 atom stereocenters. The summed E-state index contributed by atoms with van der Waals surface area (Å²) in [5.74, 6) is 0. The number of hydrogen-bond donors (Lipinski definition) is 0. The van der Waals surface area contributed by atoms with Crippen LogP contribution in [0.25, 0.3) is 0 Å². The lowest BCUT2D eigenvalue weighted by Gasteiger charge is -1.76. The molecule has 0 aliphatic carbocycles. The molecule has 0 radical (unpaired) electrons. The second-order valence-electron chi connectivity index (χ2n) is 1.32. The lowest BCUT2D eigenvalue weighted by atomic mass is 10.4. The highest BCUT2D eigenvalue weighted by molar-refractivity contribution is 4.43. The summed E-state index contributed by atoms with van der Waals surface area (Å²) in [6.45, 7) is 2.00. The molecular formula is C4H8ClO-. The van der Waals surface area contributed by atoms with Crippen LogP contribution in [0.5, 0.6) is 0 Å². The Labute approximate surface area is 44.1 Å². The van der Waals surface area contributed by atoms with Gasteiger partial charge in [0.2, 0.25) is 0 Å². The standard InChI is InChI=1S/C4H8O.ClH/c1-2-4-5-3-1;/h1-4H2;1H/p-1. The fourth-order valence-electron chi connectivity index (χ4n) is 0.510. The molecule has 1 fully saturated rings. The van der Waals surface area contributed by atoms with Crippen LogP contribution < -0.4 is 12.4 Å². The smallest absolute Gasteiger partial charge is 0.0466 e. The first-order valence-corrected chi connectivity index (χ1v) is 2.08. The van der Waals surface area contributed by atoms with Gasteiger partial charge in [-0.15, -0.1) is 0 Å². The molecule has 0 aromatic heterocycles. The molecule has 0 aromatic carbocycles. The lowest BCUT2D eigenvalue weighted by molar-refractivity contribution is -0.00000163. The summed E-state index contributed by atoms with van der Waals surface area (Å²) < 4.78 is 4.94. The predicted octanol–water partition coefficient (Wildman–Crippen LogP) is -2.20. The van der Waals surface area contributed by atoms with Gasteiger partial charge in [0, 0.05) is 13.2 Å². The van der Waals surface area contributed by atoms with Crippen molar-refractivity contribution in [3.8, 4) is 0 Å². The van der Waals surface area contributed by atoms with Crippen LogP contribution in [0.15, 0.2) is 0 Å². The van der Waals surface area contributed by atoms with Crippen LogP contribution in [-0.4, -0.2) is 13.2 Å². The molecule has 0 unspecified atom stereocenters. The molecule has 0 N–H and O–H groups in total. The highest BCUT2D eigenvalue weighted by Gasteiger charge is 1.94. The van der Waals surface area contributed by atoms with Gasteiger partial charge in [0.15, 0.2) is 0 Å². The van der Waals surface area contributed by atoms with Crippen LogP contribution in [0.2, 0.25) is 0 Å². The molecule has 0 spiro atoms. The molecule has 1 aliphatic heterocycles. The average Bonchev–Trinajstić information content (AvgIpc) is 1.76. The first-order valence-electron chi connectivity index (χ1n) is 2.08. The maximum atomic E-state index is 4.94. The molecule has 1 saturated heterocycles. The Morgan fingerprint density at radius 3 is 1.67 bits per heavy atom. The highest BCUT2D eigenvalue weighted by atomic mass is 35.5. The van der Waals surface area contributed by atoms with Crippen LogP contribution in [-0.2, 0) is 4.74 Å². The van der Waals surface area contributed by atoms with Crippen molar-refractivity contribution in [1.29, 1.82) is 0 Å². The Balaban J connectivity index is 0.000000250. The van der Waals surface area contributed by atoms with E-state index in [0.717, 1.165) is 13.2 Å². The Morgan fingerprint density at radius 1 is 1.00 bits per heavy atom. The van der Waals surface area contributed by atoms with Crippen molar-refractivity contribution in [2.45, 2.75) is 12.8 Å². The van der Waals surface area contributed by atoms with Crippen LogP contribution in [0.1, 0.15) is 12.8 Å². The van der Waals surface area contributed by atoms with E-state index in [1.807, 2.05) is 0 Å². The first kappa shape index (κ1) is 6.25. The van der Waals surface area contributed by atoms with Crippen molar-refractivity contribution in [3.05, 3.63) is 0 Å². The van der Waals surface area contributed by atoms with Gasteiger partial charge < -0.3 is 17.1 Å². The predicted molar refractivity (Wildman–Crippen MR) is 20.1 cm³/mol. The summed E-state index contributed by atoms with van der Waals surface area (Å²) in [6, 6.07) is 0. The second kappa shape index (κ2) is 3.44. The molecule has 38 valence electrons. The van der Waals surface area contributed by atoms with Gasteiger partial charge >= 0.3 is 0 Å². The van der Waals surface area contributed by atoms with Crippen LogP contribution in [0, 0.1) is 0 Å². The van der Waals surface area contributed by atoms with Crippen molar-refractivity contribution in [3.63, 3.8) is 0 Å². The number of rotatable bonds is 0. The molecule has 0 saturated carbocycles. The Hall–Kier alpha value is 0.250. The third-order valence-electron chi connectivity index (χ3n) is 0.827. The topological polar surface area (TPSA) is 9.23 Å². The summed E-state index contributed by atoms with van der Waals surface area (Å²) >= 11 is 0. The van der Waals surface area contributed by atoms with E-state index in [1.165, 1.54) is 12.8 Å². The van der Waals surface area contributed by atoms with Gasteiger partial charge in [-0.1, -0.05) is 0 Å². The van der Waals surface area contributed by atoms with Gasteiger partial charge in [0.05, 0.1) is 0 Å². The molecular weight excluding hydrogens is 99.5 g/mol. The molecule has 6 heavy (non-hydrogen) atoms. The maximum Gasteiger partial charge on any atom is 0.0466 e. The van der Waals surface area contributed by atoms with E-state index in [1.54, 1.807) is 0 Å². The van der Waals surface area contributed by atoms with Gasteiger partial charge in [-0.05, 0) is 12.8 Å². The van der Waals surface area contributed by atoms with Gasteiger partial charge in [-0.3, -0.25) is 0 Å². The van der Waals surface area contributed by atoms with Gasteiger partial charge in [0.1, 0.15) is 0 Å². The van der Waals surface area contributed by atoms with E-state index >= 15 is 0 Å². The average molecular weight is 108 g/mol. The van der Waals surface area contributed by atoms with Crippen molar-refractivity contribution in [1.82, 2.24) is 0 Å². The quantitative estimate of drug-likeness (QED) is 0.342. The van der Waals surface area contributed by atoms with Gasteiger partial charge in [-0.25, -0.2) is 0 Å². The van der Waals surface area contributed by atoms with Crippen molar-refractivity contribution >= 4 is 0 Å². The Kier molecular flexibility index (Phi) is 3.58. The fraction of sp³-hybridized carbons (Fsp3) is 1.00. The molecule has 0 aromatic rings. The summed E-state index contributed by atoms with van der Waals surface area (Å²) in [7, 11) is 0. The Bertz CT molecular complexity index is 19.1. The minimum Gasteiger partial charge on any atom is -1.00 e. The van der Waals surface area contributed by atoms with Gasteiger partial charge in [0.25, 0.3) is 0 Å². The number of halogens is 1. The minimum atomic E-state index is 0. The first-order chi connectivity index (χ1) is 2.50. The zero-order valence-electron chi connectivity index (χ0n) is 3.61. The molecule has 0 amide bonds. The fourth-order valence-corrected chi connectivity index (χ4v) is 0.510. The third-order valence-corrected chi connectivity index (χ3v) is 0.827. The van der Waals surface area contributed by atoms with E-state index in [2.05, 4.69) is 0 Å². The lowest BCUT2D eigenvalue weighted by Crippen LogP contribution is -3.00. The molecule has 1 heterocycles. The van der Waals surface area contributed by atoms with E-state index in [-0.39, 0.29) is 12.4 Å². The molecule has 1 nitrogen and oxygen atoms in total. The normalized spacial score (nSPS) is 20.0. The van der Waals surface area contributed by atoms with Gasteiger partial charge in [-0.2, -0.15) is 0 Å². The Morgan fingerprint density at radius 2 is 1.50 bits per heavy atom. The maximum absolute atomic E-state index is 4.94. The number of ether oxygens (including phenoxy) is 1. The van der Waals surface area contributed by atoms with Crippen molar-refractivity contribution in [2.75, 3.05) is 13.2 Å². The van der Waals surface area contributed by atoms with Crippen molar-refractivity contribution in [2.24, 2.45) is 0 Å². The number of hydrogen-bond acceptors (Lipinski definition) is 1. The van der Waals surface area contributed by atoms with E-state index in [9.17, 15) is 0 Å². The monoisotopic (exact) mass is 107 g/mol. The van der Waals surface area contributed by atoms with Crippen molar-refractivity contribution < 1.29 is 17.1 Å². The summed E-state index contributed by atoms with van der Waals surface area (Å²) in [5, 5.41) is 0. The molecule has 0 bridgehead atoms. The summed E-state index contributed by atoms with van der Waals surface area (Å²) in [6.07, 6.45) is 2.56. The largest absolute Gasteiger partial charge is 1.00 e. The minimum absolute atomic E-state index is 0. The van der Waals surface area contributed by atoms with E-state index in [0.29, 0.717) is 0 Å². The molecule has 2 heteroatoms. The zero-order chi connectivity index (χ0) is 3.54. The zero-order valence-corrected chi connectivity index (χ0v) is 4.37. The summed E-state index contributed by atoms with van der Waals surface area (Å²) in [5.41, 5.74) is 0. The van der Waals surface area contributed by atoms with E-state index in [4.69, 9.17) is 4.74 Å². The van der Waals surface area contributed by atoms with Crippen LogP contribution >= 0.6 is 0 Å². The second-order valence-corrected chi connectivity index (χ2v) is 1.32. The molecule has 1 aliphatic rings.